The molecule has 1 heterocycles. The van der Waals surface area contributed by atoms with Crippen molar-refractivity contribution in [1.29, 1.82) is 0 Å². The molecule has 6 nitrogen and oxygen atoms in total. The quantitative estimate of drug-likeness (QED) is 0.357. The summed E-state index contributed by atoms with van der Waals surface area (Å²) in [4.78, 5) is 16.9. The summed E-state index contributed by atoms with van der Waals surface area (Å²) in [7, 11) is 1.45. The number of halogens is 2. The maximum Gasteiger partial charge on any atom is 0.257 e. The zero-order chi connectivity index (χ0) is 22.7. The number of nitrogens with zero attached hydrogens (tertiary/aromatic N) is 1. The highest BCUT2D eigenvalue weighted by Gasteiger charge is 2.14. The van der Waals surface area contributed by atoms with Crippen LogP contribution in [-0.2, 0) is 6.54 Å². The minimum absolute atomic E-state index is 0.182. The number of hydrogen-bond acceptors (Lipinski definition) is 5. The average Bonchev–Trinajstić information content (AvgIpc) is 3.22. The highest BCUT2D eigenvalue weighted by Crippen LogP contribution is 2.33. The van der Waals surface area contributed by atoms with E-state index in [-0.39, 0.29) is 20.7 Å². The number of para-hydroxylation sites is 2. The number of oxazole rings is 1. The Morgan fingerprint density at radius 1 is 1.09 bits per heavy atom. The normalized spacial score (nSPS) is 10.7. The van der Waals surface area contributed by atoms with Crippen LogP contribution in [0.1, 0.15) is 15.9 Å². The van der Waals surface area contributed by atoms with E-state index < -0.39 is 5.91 Å². The molecule has 1 amide bonds. The third kappa shape index (κ3) is 4.85. The summed E-state index contributed by atoms with van der Waals surface area (Å²) in [5.74, 6) is 0.442. The lowest BCUT2D eigenvalue weighted by molar-refractivity contribution is 0.0976. The number of aromatic nitrogens is 1. The highest BCUT2D eigenvalue weighted by atomic mass is 35.5. The van der Waals surface area contributed by atoms with Crippen LogP contribution in [0.5, 0.6) is 5.75 Å². The molecule has 0 saturated carbocycles. The van der Waals surface area contributed by atoms with Crippen LogP contribution in [0.3, 0.4) is 0 Å². The lowest BCUT2D eigenvalue weighted by Crippen LogP contribution is -2.38. The maximum atomic E-state index is 12.4. The Bertz CT molecular complexity index is 1250. The number of nitrogens with one attached hydrogen (secondary N) is 2. The van der Waals surface area contributed by atoms with Gasteiger partial charge in [-0.25, -0.2) is 4.98 Å². The van der Waals surface area contributed by atoms with Gasteiger partial charge in [-0.3, -0.25) is 10.1 Å². The SMILES string of the molecule is COc1c(Cl)cc(C(=O)NC(=S)NCc2ccc(-c3nc4ccccc4o3)cc2)cc1Cl. The molecule has 1 aromatic heterocycles. The summed E-state index contributed by atoms with van der Waals surface area (Å²) >= 11 is 17.4. The molecule has 0 aliphatic carbocycles. The van der Waals surface area contributed by atoms with Crippen LogP contribution in [0.15, 0.2) is 65.1 Å². The molecule has 0 spiro atoms. The van der Waals surface area contributed by atoms with Gasteiger partial charge >= 0.3 is 0 Å². The van der Waals surface area contributed by atoms with Crippen LogP contribution in [0.25, 0.3) is 22.6 Å². The fourth-order valence-electron chi connectivity index (χ4n) is 3.05. The largest absolute Gasteiger partial charge is 0.494 e. The van der Waals surface area contributed by atoms with Gasteiger partial charge < -0.3 is 14.5 Å². The molecule has 0 aliphatic heterocycles. The summed E-state index contributed by atoms with van der Waals surface area (Å²) in [6.07, 6.45) is 0. The van der Waals surface area contributed by atoms with E-state index in [0.717, 1.165) is 22.2 Å². The summed E-state index contributed by atoms with van der Waals surface area (Å²) in [6, 6.07) is 18.3. The molecular formula is C23H17Cl2N3O3S. The Balaban J connectivity index is 1.35. The monoisotopic (exact) mass is 485 g/mol. The van der Waals surface area contributed by atoms with Crippen molar-refractivity contribution in [1.82, 2.24) is 15.6 Å². The predicted molar refractivity (Wildman–Crippen MR) is 129 cm³/mol. The molecule has 9 heteroatoms. The molecule has 3 aromatic carbocycles. The van der Waals surface area contributed by atoms with Crippen molar-refractivity contribution in [3.05, 3.63) is 81.8 Å². The van der Waals surface area contributed by atoms with E-state index in [9.17, 15) is 4.79 Å². The van der Waals surface area contributed by atoms with Crippen molar-refractivity contribution < 1.29 is 13.9 Å². The molecule has 4 aromatic rings. The molecule has 2 N–H and O–H groups in total. The lowest BCUT2D eigenvalue weighted by Gasteiger charge is -2.11. The van der Waals surface area contributed by atoms with Crippen molar-refractivity contribution in [2.24, 2.45) is 0 Å². The fourth-order valence-corrected chi connectivity index (χ4v) is 3.85. The number of methoxy groups -OCH3 is 1. The van der Waals surface area contributed by atoms with Crippen LogP contribution < -0.4 is 15.4 Å². The molecule has 32 heavy (non-hydrogen) atoms. The lowest BCUT2D eigenvalue weighted by atomic mass is 10.1. The molecule has 0 saturated heterocycles. The first-order valence-corrected chi connectivity index (χ1v) is 10.7. The third-order valence-electron chi connectivity index (χ3n) is 4.64. The standard InChI is InChI=1S/C23H17Cl2N3O3S/c1-30-20-16(24)10-15(11-17(20)25)21(29)28-23(32)26-12-13-6-8-14(9-7-13)22-27-18-4-2-3-5-19(18)31-22/h2-11H,12H2,1H3,(H2,26,28,29,32). The predicted octanol–water partition coefficient (Wildman–Crippen LogP) is 5.61. The van der Waals surface area contributed by atoms with E-state index in [2.05, 4.69) is 15.6 Å². The average molecular weight is 486 g/mol. The second-order valence-electron chi connectivity index (χ2n) is 6.79. The first kappa shape index (κ1) is 22.1. The van der Waals surface area contributed by atoms with Crippen LogP contribution in [0.2, 0.25) is 10.0 Å². The Morgan fingerprint density at radius 2 is 1.78 bits per heavy atom. The second kappa shape index (κ2) is 9.56. The summed E-state index contributed by atoms with van der Waals surface area (Å²) in [5, 5.41) is 6.27. The Labute approximate surface area is 199 Å². The first-order chi connectivity index (χ1) is 15.4. The van der Waals surface area contributed by atoms with Crippen LogP contribution in [0, 0.1) is 0 Å². The molecule has 0 atom stereocenters. The van der Waals surface area contributed by atoms with Gasteiger partial charge in [0, 0.05) is 17.7 Å². The van der Waals surface area contributed by atoms with E-state index in [0.29, 0.717) is 18.2 Å². The van der Waals surface area contributed by atoms with Crippen molar-refractivity contribution in [3.8, 4) is 17.2 Å². The summed E-state index contributed by atoms with van der Waals surface area (Å²) < 4.78 is 10.9. The summed E-state index contributed by atoms with van der Waals surface area (Å²) in [5.41, 5.74) is 3.67. The van der Waals surface area contributed by atoms with Gasteiger partial charge in [0.2, 0.25) is 5.89 Å². The number of thiocarbonyl (C=S) groups is 1. The summed E-state index contributed by atoms with van der Waals surface area (Å²) in [6.45, 7) is 0.428. The number of rotatable bonds is 5. The van der Waals surface area contributed by atoms with E-state index >= 15 is 0 Å². The van der Waals surface area contributed by atoms with Crippen molar-refractivity contribution >= 4 is 57.5 Å². The zero-order valence-electron chi connectivity index (χ0n) is 16.8. The van der Waals surface area contributed by atoms with E-state index in [1.807, 2.05) is 48.5 Å². The molecule has 162 valence electrons. The van der Waals surface area contributed by atoms with Gasteiger partial charge in [0.1, 0.15) is 5.52 Å². The molecule has 0 fully saturated rings. The highest BCUT2D eigenvalue weighted by molar-refractivity contribution is 7.80. The molecule has 4 rings (SSSR count). The Hall–Kier alpha value is -3.13. The number of carbonyl (C=O) groups is 1. The first-order valence-electron chi connectivity index (χ1n) is 9.51. The zero-order valence-corrected chi connectivity index (χ0v) is 19.1. The fraction of sp³-hybridized carbons (Fsp3) is 0.0870. The topological polar surface area (TPSA) is 76.4 Å². The molecule has 0 radical (unpaired) electrons. The minimum Gasteiger partial charge on any atom is -0.494 e. The minimum atomic E-state index is -0.430. The van der Waals surface area contributed by atoms with Gasteiger partial charge in [-0.2, -0.15) is 0 Å². The third-order valence-corrected chi connectivity index (χ3v) is 5.45. The number of benzene rings is 3. The van der Waals surface area contributed by atoms with Gasteiger partial charge in [0.05, 0.1) is 17.2 Å². The molecule has 0 aliphatic rings. The van der Waals surface area contributed by atoms with Crippen LogP contribution >= 0.6 is 35.4 Å². The molecular weight excluding hydrogens is 469 g/mol. The van der Waals surface area contributed by atoms with Crippen molar-refractivity contribution in [3.63, 3.8) is 0 Å². The number of fused-ring (bicyclic) bond motifs is 1. The van der Waals surface area contributed by atoms with E-state index in [4.69, 9.17) is 44.6 Å². The van der Waals surface area contributed by atoms with Crippen molar-refractivity contribution in [2.75, 3.05) is 7.11 Å². The molecule has 0 unspecified atom stereocenters. The number of hydrogen-bond donors (Lipinski definition) is 2. The number of ether oxygens (including phenoxy) is 1. The van der Waals surface area contributed by atoms with Crippen LogP contribution in [-0.4, -0.2) is 23.1 Å². The Morgan fingerprint density at radius 3 is 2.44 bits per heavy atom. The number of carbonyl (C=O) groups excluding carboxylic acids is 1. The van der Waals surface area contributed by atoms with Gasteiger partial charge in [0.25, 0.3) is 5.91 Å². The Kier molecular flexibility index (Phi) is 6.60. The second-order valence-corrected chi connectivity index (χ2v) is 8.02. The van der Waals surface area contributed by atoms with Crippen LogP contribution in [0.4, 0.5) is 0 Å². The van der Waals surface area contributed by atoms with Gasteiger partial charge in [-0.15, -0.1) is 0 Å². The molecule has 0 bridgehead atoms. The van der Waals surface area contributed by atoms with E-state index in [1.54, 1.807) is 0 Å². The van der Waals surface area contributed by atoms with Gasteiger partial charge in [-0.05, 0) is 54.2 Å². The number of amides is 1. The van der Waals surface area contributed by atoms with Gasteiger partial charge in [0.15, 0.2) is 16.4 Å². The smallest absolute Gasteiger partial charge is 0.257 e. The van der Waals surface area contributed by atoms with Crippen molar-refractivity contribution in [2.45, 2.75) is 6.54 Å². The van der Waals surface area contributed by atoms with E-state index in [1.165, 1.54) is 19.2 Å². The maximum absolute atomic E-state index is 12.4. The van der Waals surface area contributed by atoms with Gasteiger partial charge in [-0.1, -0.05) is 47.5 Å².